The maximum atomic E-state index is 13.6. The number of pyridine rings is 2. The quantitative estimate of drug-likeness (QED) is 0.342. The number of nitrogen functional groups attached to an aromatic ring is 1. The number of aromatic amines is 2. The lowest BCUT2D eigenvalue weighted by atomic mass is 10.1. The van der Waals surface area contributed by atoms with Crippen LogP contribution in [0.15, 0.2) is 67.1 Å². The molecular weight excluding hydrogens is 411 g/mol. The summed E-state index contributed by atoms with van der Waals surface area (Å²) in [7, 11) is 0. The number of anilines is 1. The Kier molecular flexibility index (Phi) is 3.87. The van der Waals surface area contributed by atoms with Crippen molar-refractivity contribution in [3.63, 3.8) is 0 Å². The highest BCUT2D eigenvalue weighted by molar-refractivity contribution is 7.14. The molecule has 6 aromatic rings. The number of nitrogens with two attached hydrogens (primary N) is 1. The number of hydrogen-bond donors (Lipinski definition) is 3. The van der Waals surface area contributed by atoms with E-state index < -0.39 is 0 Å². The number of hydrogen-bond acceptors (Lipinski definition) is 5. The van der Waals surface area contributed by atoms with Crippen LogP contribution in [0.25, 0.3) is 54.9 Å². The molecule has 5 aromatic heterocycles. The molecule has 5 heterocycles. The molecule has 1 aromatic carbocycles. The maximum absolute atomic E-state index is 13.6. The van der Waals surface area contributed by atoms with E-state index in [1.54, 1.807) is 18.6 Å². The molecule has 0 bridgehead atoms. The van der Waals surface area contributed by atoms with Gasteiger partial charge in [0.15, 0.2) is 5.13 Å². The molecule has 0 saturated heterocycles. The van der Waals surface area contributed by atoms with Crippen LogP contribution in [-0.4, -0.2) is 25.1 Å². The van der Waals surface area contributed by atoms with Crippen molar-refractivity contribution in [1.82, 2.24) is 25.1 Å². The predicted octanol–water partition coefficient (Wildman–Crippen LogP) is 5.62. The Bertz CT molecular complexity index is 1580. The first-order valence-electron chi connectivity index (χ1n) is 9.58. The minimum atomic E-state index is -0.197. The zero-order valence-corrected chi connectivity index (χ0v) is 16.9. The number of benzene rings is 1. The molecule has 0 aliphatic rings. The summed E-state index contributed by atoms with van der Waals surface area (Å²) in [4.78, 5) is 13.0. The lowest BCUT2D eigenvalue weighted by Gasteiger charge is -2.02. The third-order valence-electron chi connectivity index (χ3n) is 5.26. The van der Waals surface area contributed by atoms with Crippen LogP contribution in [0.5, 0.6) is 0 Å². The second kappa shape index (κ2) is 6.75. The van der Waals surface area contributed by atoms with Gasteiger partial charge in [-0.25, -0.2) is 0 Å². The number of nitrogens with one attached hydrogen (secondary N) is 2. The highest BCUT2D eigenvalue weighted by Crippen LogP contribution is 2.36. The number of H-pyrrole nitrogens is 2. The average molecular weight is 426 g/mol. The number of nitrogens with zero attached hydrogens (tertiary/aromatic N) is 3. The maximum Gasteiger partial charge on any atom is 0.176 e. The van der Waals surface area contributed by atoms with Crippen LogP contribution in [0.4, 0.5) is 10.1 Å². The molecule has 8 heteroatoms. The first-order chi connectivity index (χ1) is 15.2. The summed E-state index contributed by atoms with van der Waals surface area (Å²) in [6.07, 6.45) is 5.10. The molecule has 0 saturated carbocycles. The van der Waals surface area contributed by atoms with Gasteiger partial charge in [0.05, 0.1) is 28.8 Å². The fourth-order valence-corrected chi connectivity index (χ4v) is 4.60. The predicted molar refractivity (Wildman–Crippen MR) is 122 cm³/mol. The molecule has 0 aliphatic heterocycles. The van der Waals surface area contributed by atoms with Crippen molar-refractivity contribution < 1.29 is 4.39 Å². The smallest absolute Gasteiger partial charge is 0.176 e. The van der Waals surface area contributed by atoms with Crippen LogP contribution in [0.1, 0.15) is 0 Å². The lowest BCUT2D eigenvalue weighted by molar-refractivity contribution is 0.657. The van der Waals surface area contributed by atoms with Crippen molar-refractivity contribution in [3.05, 3.63) is 72.3 Å². The van der Waals surface area contributed by atoms with E-state index in [1.165, 1.54) is 6.07 Å². The van der Waals surface area contributed by atoms with Crippen molar-refractivity contribution in [2.24, 2.45) is 0 Å². The Balaban J connectivity index is 1.51. The van der Waals surface area contributed by atoms with Crippen molar-refractivity contribution in [2.75, 3.05) is 5.73 Å². The molecule has 4 N–H and O–H groups in total. The van der Waals surface area contributed by atoms with Gasteiger partial charge in [-0.3, -0.25) is 15.1 Å². The molecule has 0 amide bonds. The van der Waals surface area contributed by atoms with Crippen LogP contribution in [0, 0.1) is 5.13 Å². The van der Waals surface area contributed by atoms with Crippen LogP contribution in [0.2, 0.25) is 0 Å². The van der Waals surface area contributed by atoms with Crippen molar-refractivity contribution in [2.45, 2.75) is 0 Å². The average Bonchev–Trinajstić information content (AvgIpc) is 3.50. The van der Waals surface area contributed by atoms with E-state index in [0.29, 0.717) is 5.69 Å². The van der Waals surface area contributed by atoms with Gasteiger partial charge in [0.2, 0.25) is 0 Å². The van der Waals surface area contributed by atoms with E-state index in [2.05, 4.69) is 31.2 Å². The summed E-state index contributed by atoms with van der Waals surface area (Å²) in [6.45, 7) is 0. The normalized spacial score (nSPS) is 11.5. The Hall–Kier alpha value is -4.04. The topological polar surface area (TPSA) is 96.3 Å². The van der Waals surface area contributed by atoms with E-state index >= 15 is 0 Å². The van der Waals surface area contributed by atoms with Gasteiger partial charge < -0.3 is 10.7 Å². The zero-order valence-electron chi connectivity index (χ0n) is 16.1. The Morgan fingerprint density at radius 2 is 1.87 bits per heavy atom. The van der Waals surface area contributed by atoms with E-state index in [9.17, 15) is 4.39 Å². The minimum absolute atomic E-state index is 0.197. The second-order valence-corrected chi connectivity index (χ2v) is 8.28. The highest BCUT2D eigenvalue weighted by atomic mass is 32.1. The summed E-state index contributed by atoms with van der Waals surface area (Å²) >= 11 is 1.14. The zero-order chi connectivity index (χ0) is 20.9. The fourth-order valence-electron chi connectivity index (χ4n) is 3.83. The molecule has 0 aliphatic carbocycles. The first kappa shape index (κ1) is 17.8. The SMILES string of the molecule is Nc1cncc(-c2cc3c(-c4cc5c(-c6ccc(F)s6)cccc5[nH]4)n[nH]c3cn2)c1. The van der Waals surface area contributed by atoms with Gasteiger partial charge in [-0.15, -0.1) is 11.3 Å². The van der Waals surface area contributed by atoms with Gasteiger partial charge in [0, 0.05) is 44.7 Å². The standard InChI is InChI=1S/C23H15FN6S/c24-22-5-4-21(31-22)14-2-1-3-17-15(14)7-19(28-17)23-16-8-18(27-11-20(16)29-30-23)12-6-13(25)10-26-9-12/h1-11,28H,25H2,(H,29,30). The minimum Gasteiger partial charge on any atom is -0.397 e. The summed E-state index contributed by atoms with van der Waals surface area (Å²) in [5, 5.41) is 9.33. The molecule has 6 rings (SSSR count). The summed E-state index contributed by atoms with van der Waals surface area (Å²) in [6, 6.07) is 15.2. The molecule has 0 radical (unpaired) electrons. The first-order valence-corrected chi connectivity index (χ1v) is 10.4. The van der Waals surface area contributed by atoms with E-state index in [-0.39, 0.29) is 5.13 Å². The van der Waals surface area contributed by atoms with Gasteiger partial charge in [0.25, 0.3) is 0 Å². The number of aromatic nitrogens is 5. The molecule has 0 unspecified atom stereocenters. The van der Waals surface area contributed by atoms with Gasteiger partial charge in [0.1, 0.15) is 5.69 Å². The lowest BCUT2D eigenvalue weighted by Crippen LogP contribution is -1.89. The van der Waals surface area contributed by atoms with Crippen LogP contribution >= 0.6 is 11.3 Å². The molecule has 0 atom stereocenters. The van der Waals surface area contributed by atoms with E-state index in [0.717, 1.165) is 66.2 Å². The fraction of sp³-hybridized carbons (Fsp3) is 0. The summed E-state index contributed by atoms with van der Waals surface area (Å²) in [5.74, 6) is 0. The number of rotatable bonds is 3. The number of halogens is 1. The number of fused-ring (bicyclic) bond motifs is 2. The van der Waals surface area contributed by atoms with Crippen molar-refractivity contribution >= 4 is 38.8 Å². The van der Waals surface area contributed by atoms with E-state index in [4.69, 9.17) is 5.73 Å². The van der Waals surface area contributed by atoms with Crippen molar-refractivity contribution in [1.29, 1.82) is 0 Å². The Labute approximate surface area is 179 Å². The largest absolute Gasteiger partial charge is 0.397 e. The van der Waals surface area contributed by atoms with Crippen molar-refractivity contribution in [3.8, 4) is 33.1 Å². The van der Waals surface area contributed by atoms with Crippen LogP contribution in [-0.2, 0) is 0 Å². The summed E-state index contributed by atoms with van der Waals surface area (Å²) < 4.78 is 13.6. The molecule has 0 spiro atoms. The molecule has 150 valence electrons. The third kappa shape index (κ3) is 2.96. The molecule has 0 fully saturated rings. The Morgan fingerprint density at radius 1 is 0.935 bits per heavy atom. The molecular formula is C23H15FN6S. The highest BCUT2D eigenvalue weighted by Gasteiger charge is 2.15. The second-order valence-electron chi connectivity index (χ2n) is 7.25. The number of thiophene rings is 1. The van der Waals surface area contributed by atoms with Gasteiger partial charge >= 0.3 is 0 Å². The molecule has 6 nitrogen and oxygen atoms in total. The van der Waals surface area contributed by atoms with Crippen LogP contribution < -0.4 is 5.73 Å². The molecule has 31 heavy (non-hydrogen) atoms. The van der Waals surface area contributed by atoms with Gasteiger partial charge in [-0.1, -0.05) is 12.1 Å². The van der Waals surface area contributed by atoms with E-state index in [1.807, 2.05) is 36.4 Å². The third-order valence-corrected chi connectivity index (χ3v) is 6.17. The monoisotopic (exact) mass is 426 g/mol. The Morgan fingerprint density at radius 3 is 2.71 bits per heavy atom. The van der Waals surface area contributed by atoms with Crippen LogP contribution in [0.3, 0.4) is 0 Å². The summed E-state index contributed by atoms with van der Waals surface area (Å²) in [5.41, 5.74) is 12.5. The van der Waals surface area contributed by atoms with Gasteiger partial charge in [-0.2, -0.15) is 9.49 Å². The van der Waals surface area contributed by atoms with Gasteiger partial charge in [-0.05, 0) is 36.4 Å².